The van der Waals surface area contributed by atoms with Crippen molar-refractivity contribution in [1.29, 1.82) is 0 Å². The first-order valence-corrected chi connectivity index (χ1v) is 24.4. The first-order chi connectivity index (χ1) is 34.7. The van der Waals surface area contributed by atoms with Crippen LogP contribution in [0, 0.1) is 0 Å². The van der Waals surface area contributed by atoms with Crippen molar-refractivity contribution in [2.45, 2.75) is 12.8 Å². The van der Waals surface area contributed by atoms with E-state index in [2.05, 4.69) is 277 Å². The summed E-state index contributed by atoms with van der Waals surface area (Å²) in [4.78, 5) is 4.81. The maximum atomic E-state index is 2.47. The van der Waals surface area contributed by atoms with E-state index in [0.717, 1.165) is 47.0 Å². The van der Waals surface area contributed by atoms with Crippen LogP contribution < -0.4 is 20.2 Å². The van der Waals surface area contributed by atoms with E-state index in [9.17, 15) is 0 Å². The predicted molar refractivity (Wildman–Crippen MR) is 299 cm³/mol. The van der Waals surface area contributed by atoms with Gasteiger partial charge in [-0.15, -0.1) is 0 Å². The Labute approximate surface area is 408 Å². The van der Waals surface area contributed by atoms with E-state index in [1.165, 1.54) is 86.9 Å². The Morgan fingerprint density at radius 3 is 1.47 bits per heavy atom. The summed E-state index contributed by atoms with van der Waals surface area (Å²) in [6, 6.07) is 95.9. The second-order valence-electron chi connectivity index (χ2n) is 18.3. The molecule has 12 aromatic rings. The number of hydrogen-bond acceptors (Lipinski definition) is 2. The summed E-state index contributed by atoms with van der Waals surface area (Å²) < 4.78 is 0. The lowest BCUT2D eigenvalue weighted by atomic mass is 9.82. The topological polar surface area (TPSA) is 6.48 Å². The normalized spacial score (nSPS) is 12.3. The summed E-state index contributed by atoms with van der Waals surface area (Å²) in [6.07, 6.45) is 4.33. The lowest BCUT2D eigenvalue weighted by molar-refractivity contribution is 1.08. The minimum atomic E-state index is 0.944. The highest BCUT2D eigenvalue weighted by Crippen LogP contribution is 2.48. The summed E-state index contributed by atoms with van der Waals surface area (Å²) in [5.41, 5.74) is 14.2. The molecule has 1 aliphatic rings. The largest absolute Gasteiger partial charge is 0.310 e. The van der Waals surface area contributed by atoms with Gasteiger partial charge in [-0.1, -0.05) is 194 Å². The van der Waals surface area contributed by atoms with Crippen LogP contribution in [0.4, 0.5) is 34.1 Å². The average molecular weight is 893 g/mol. The first-order valence-electron chi connectivity index (χ1n) is 24.4. The molecule has 0 fully saturated rings. The van der Waals surface area contributed by atoms with Gasteiger partial charge >= 0.3 is 0 Å². The summed E-state index contributed by atoms with van der Waals surface area (Å²) in [5.74, 6) is 0. The summed E-state index contributed by atoms with van der Waals surface area (Å²) >= 11 is 0. The van der Waals surface area contributed by atoms with Crippen molar-refractivity contribution in [2.75, 3.05) is 9.80 Å². The minimum absolute atomic E-state index is 0.944. The molecule has 0 atom stereocenters. The standard InChI is InChI=1S/C68H48N2/c1-4-24-53(25-5-1)69(54-26-6-2-7-27-54)57-41-43-64-65(45-57)67(51-36-34-50(35-37-51)60-32-16-22-48-19-12-14-30-59(48)60)63-42-40-58(46-66(63)68(64)62-33-17-23-49-20-13-15-31-61(49)62)70(55-28-8-3-9-29-55)56-39-38-47-18-10-11-21-52(47)44-56/h1-16,18-32,34-46H,17,33H2. The van der Waals surface area contributed by atoms with Crippen molar-refractivity contribution in [3.8, 4) is 22.3 Å². The van der Waals surface area contributed by atoms with Gasteiger partial charge in [-0.05, 0) is 173 Å². The molecule has 2 heteroatoms. The Kier molecular flexibility index (Phi) is 10.4. The van der Waals surface area contributed by atoms with Gasteiger partial charge < -0.3 is 9.80 Å². The molecule has 0 unspecified atom stereocenters. The third kappa shape index (κ3) is 7.30. The second kappa shape index (κ2) is 17.6. The molecule has 13 rings (SSSR count). The Bertz CT molecular complexity index is 4000. The predicted octanol–water partition coefficient (Wildman–Crippen LogP) is 17.3. The van der Waals surface area contributed by atoms with E-state index in [1.54, 1.807) is 0 Å². The van der Waals surface area contributed by atoms with Gasteiger partial charge in [0.2, 0.25) is 0 Å². The molecule has 0 radical (unpaired) electrons. The fourth-order valence-corrected chi connectivity index (χ4v) is 11.1. The fourth-order valence-electron chi connectivity index (χ4n) is 11.1. The van der Waals surface area contributed by atoms with Gasteiger partial charge in [0, 0.05) is 34.1 Å². The van der Waals surface area contributed by atoms with E-state index in [0.29, 0.717) is 0 Å². The van der Waals surface area contributed by atoms with Gasteiger partial charge in [0.15, 0.2) is 0 Å². The highest BCUT2D eigenvalue weighted by molar-refractivity contribution is 6.20. The molecule has 70 heavy (non-hydrogen) atoms. The molecule has 0 N–H and O–H groups in total. The van der Waals surface area contributed by atoms with Crippen molar-refractivity contribution in [3.63, 3.8) is 0 Å². The van der Waals surface area contributed by atoms with Crippen LogP contribution in [0.5, 0.6) is 0 Å². The minimum Gasteiger partial charge on any atom is -0.310 e. The molecule has 0 bridgehead atoms. The Morgan fingerprint density at radius 1 is 0.286 bits per heavy atom. The lowest BCUT2D eigenvalue weighted by Gasteiger charge is -2.28. The molecule has 1 aliphatic carbocycles. The molecule has 0 saturated carbocycles. The third-order valence-corrected chi connectivity index (χ3v) is 14.3. The summed E-state index contributed by atoms with van der Waals surface area (Å²) in [6.45, 7) is 0. The highest BCUT2D eigenvalue weighted by Gasteiger charge is 2.24. The maximum Gasteiger partial charge on any atom is 0.0468 e. The molecule has 0 aliphatic heterocycles. The van der Waals surface area contributed by atoms with Gasteiger partial charge in [-0.3, -0.25) is 0 Å². The number of para-hydroxylation sites is 3. The molecule has 330 valence electrons. The molecule has 2 nitrogen and oxygen atoms in total. The van der Waals surface area contributed by atoms with E-state index in [-0.39, 0.29) is 0 Å². The van der Waals surface area contributed by atoms with Crippen molar-refractivity contribution in [3.05, 3.63) is 277 Å². The van der Waals surface area contributed by atoms with E-state index in [4.69, 9.17) is 0 Å². The number of anilines is 6. The van der Waals surface area contributed by atoms with Crippen molar-refractivity contribution in [1.82, 2.24) is 0 Å². The van der Waals surface area contributed by atoms with Crippen LogP contribution in [-0.2, 0) is 0 Å². The number of hydrogen-bond donors (Lipinski definition) is 0. The van der Waals surface area contributed by atoms with Crippen molar-refractivity contribution >= 4 is 88.9 Å². The maximum absolute atomic E-state index is 2.47. The molecule has 0 saturated heterocycles. The molecule has 0 aromatic heterocycles. The zero-order chi connectivity index (χ0) is 46.4. The van der Waals surface area contributed by atoms with Crippen LogP contribution in [-0.4, -0.2) is 0 Å². The number of rotatable bonds is 9. The first kappa shape index (κ1) is 41.2. The van der Waals surface area contributed by atoms with Gasteiger partial charge in [0.25, 0.3) is 0 Å². The third-order valence-electron chi connectivity index (χ3n) is 14.3. The summed E-state index contributed by atoms with van der Waals surface area (Å²) in [7, 11) is 0. The molecule has 0 spiro atoms. The number of nitrogens with zero attached hydrogens (tertiary/aromatic N) is 2. The Morgan fingerprint density at radius 2 is 0.786 bits per heavy atom. The van der Waals surface area contributed by atoms with Gasteiger partial charge in [0.05, 0.1) is 0 Å². The van der Waals surface area contributed by atoms with Crippen LogP contribution in [0.3, 0.4) is 0 Å². The Balaban J connectivity index is 1.13. The van der Waals surface area contributed by atoms with Crippen molar-refractivity contribution < 1.29 is 0 Å². The van der Waals surface area contributed by atoms with Gasteiger partial charge in [-0.2, -0.15) is 0 Å². The zero-order valence-corrected chi connectivity index (χ0v) is 38.7. The van der Waals surface area contributed by atoms with Crippen LogP contribution in [0.2, 0.25) is 0 Å². The monoisotopic (exact) mass is 892 g/mol. The van der Waals surface area contributed by atoms with Crippen LogP contribution in [0.25, 0.3) is 77.0 Å². The molecular formula is C68H48N2. The van der Waals surface area contributed by atoms with Crippen molar-refractivity contribution in [2.24, 2.45) is 0 Å². The highest BCUT2D eigenvalue weighted by atomic mass is 15.1. The summed E-state index contributed by atoms with van der Waals surface area (Å²) in [5, 5.41) is 12.5. The lowest BCUT2D eigenvalue weighted by Crippen LogP contribution is -2.29. The van der Waals surface area contributed by atoms with E-state index < -0.39 is 0 Å². The smallest absolute Gasteiger partial charge is 0.0468 e. The van der Waals surface area contributed by atoms with Gasteiger partial charge in [0.1, 0.15) is 0 Å². The average Bonchev–Trinajstić information content (AvgIpc) is 3.43. The molecular weight excluding hydrogens is 845 g/mol. The SMILES string of the molecule is C1=c2ccccc2=C(c2c3cc(N(c4ccccc4)c4ccc5ccccc5c4)ccc3c(-c3ccc(-c4cccc5ccccc45)cc3)c3cc(N(c4ccccc4)c4ccccc4)ccc23)CC1. The number of fused-ring (bicyclic) bond motifs is 5. The van der Waals surface area contributed by atoms with E-state index in [1.807, 2.05) is 0 Å². The van der Waals surface area contributed by atoms with Crippen LogP contribution in [0.15, 0.2) is 261 Å². The zero-order valence-electron chi connectivity index (χ0n) is 38.7. The quantitative estimate of drug-likeness (QED) is 0.133. The Hall–Kier alpha value is -8.98. The van der Waals surface area contributed by atoms with Crippen LogP contribution >= 0.6 is 0 Å². The second-order valence-corrected chi connectivity index (χ2v) is 18.3. The molecule has 0 heterocycles. The molecule has 12 aromatic carbocycles. The van der Waals surface area contributed by atoms with E-state index >= 15 is 0 Å². The van der Waals surface area contributed by atoms with Gasteiger partial charge in [-0.25, -0.2) is 0 Å². The fraction of sp³-hybridized carbons (Fsp3) is 0.0294. The number of benzene rings is 12. The van der Waals surface area contributed by atoms with Crippen LogP contribution in [0.1, 0.15) is 18.4 Å². The molecule has 0 amide bonds.